The summed E-state index contributed by atoms with van der Waals surface area (Å²) < 4.78 is 0. The van der Waals surface area contributed by atoms with Gasteiger partial charge in [0.05, 0.1) is 0 Å². The molecule has 18 heavy (non-hydrogen) atoms. The third kappa shape index (κ3) is 4.38. The molecule has 1 aliphatic rings. The average molecular weight is 266 g/mol. The summed E-state index contributed by atoms with van der Waals surface area (Å²) in [6, 6.07) is 5.45. The van der Waals surface area contributed by atoms with Crippen LogP contribution in [0.4, 0.5) is 0 Å². The molecule has 0 aromatic carbocycles. The maximum absolute atomic E-state index is 3.55. The van der Waals surface area contributed by atoms with Gasteiger partial charge in [-0.25, -0.2) is 0 Å². The summed E-state index contributed by atoms with van der Waals surface area (Å²) in [5.41, 5.74) is 0.202. The quantitative estimate of drug-likeness (QED) is 0.846. The molecule has 0 aliphatic heterocycles. The Hall–Kier alpha value is -0.380. The average Bonchev–Trinajstić information content (AvgIpc) is 3.03. The smallest absolute Gasteiger partial charge is 0.0330 e. The molecule has 2 nitrogen and oxygen atoms in total. The Morgan fingerprint density at radius 3 is 2.50 bits per heavy atom. The summed E-state index contributed by atoms with van der Waals surface area (Å²) >= 11 is 1.96. The number of nitrogens with zero attached hydrogens (tertiary/aromatic N) is 1. The maximum atomic E-state index is 3.55. The highest BCUT2D eigenvalue weighted by Crippen LogP contribution is 2.29. The van der Waals surface area contributed by atoms with Crippen LogP contribution in [0.25, 0.3) is 0 Å². The minimum atomic E-state index is 0.202. The van der Waals surface area contributed by atoms with Crippen molar-refractivity contribution in [3.63, 3.8) is 0 Å². The molecule has 0 atom stereocenters. The molecule has 1 fully saturated rings. The molecular weight excluding hydrogens is 240 g/mol. The summed E-state index contributed by atoms with van der Waals surface area (Å²) in [6.07, 6.45) is 2.80. The van der Waals surface area contributed by atoms with Gasteiger partial charge in [0.15, 0.2) is 0 Å². The van der Waals surface area contributed by atoms with Crippen molar-refractivity contribution in [3.8, 4) is 0 Å². The van der Waals surface area contributed by atoms with Gasteiger partial charge < -0.3 is 5.32 Å². The number of thiophene rings is 1. The van der Waals surface area contributed by atoms with Crippen LogP contribution in [0, 0.1) is 0 Å². The van der Waals surface area contributed by atoms with Crippen molar-refractivity contribution >= 4 is 11.3 Å². The molecule has 0 radical (unpaired) electrons. The number of nitrogens with one attached hydrogen (secondary N) is 1. The molecule has 1 heterocycles. The molecule has 2 rings (SSSR count). The summed E-state index contributed by atoms with van der Waals surface area (Å²) in [4.78, 5) is 5.56. The van der Waals surface area contributed by atoms with Gasteiger partial charge in [0, 0.05) is 34.4 Å². The summed E-state index contributed by atoms with van der Waals surface area (Å²) in [6.45, 7) is 12.2. The Kier molecular flexibility index (Phi) is 4.46. The number of hydrogen-bond donors (Lipinski definition) is 1. The first kappa shape index (κ1) is 14.0. The fourth-order valence-electron chi connectivity index (χ4n) is 2.09. The van der Waals surface area contributed by atoms with Crippen LogP contribution in [0.1, 0.15) is 50.3 Å². The van der Waals surface area contributed by atoms with Crippen LogP contribution in [0.2, 0.25) is 0 Å². The Morgan fingerprint density at radius 2 is 1.94 bits per heavy atom. The number of hydrogen-bond acceptors (Lipinski definition) is 3. The molecule has 0 amide bonds. The first-order chi connectivity index (χ1) is 8.48. The third-order valence-electron chi connectivity index (χ3n) is 3.34. The Morgan fingerprint density at radius 1 is 1.28 bits per heavy atom. The van der Waals surface area contributed by atoms with Crippen LogP contribution in [-0.4, -0.2) is 23.0 Å². The zero-order chi connectivity index (χ0) is 13.2. The molecule has 1 aliphatic carbocycles. The van der Waals surface area contributed by atoms with Crippen LogP contribution < -0.4 is 5.32 Å². The molecule has 1 aromatic heterocycles. The van der Waals surface area contributed by atoms with Crippen LogP contribution >= 0.6 is 11.3 Å². The fourth-order valence-corrected chi connectivity index (χ4v) is 3.08. The molecular formula is C15H26N2S. The number of rotatable bonds is 6. The Bertz CT molecular complexity index is 374. The van der Waals surface area contributed by atoms with Crippen molar-refractivity contribution in [2.75, 3.05) is 6.54 Å². The standard InChI is InChI=1S/C15H26N2S/c1-5-17(12-6-7-12)11-14-9-8-13(18-14)10-16-15(2,3)4/h8-9,12,16H,5-7,10-11H2,1-4H3. The minimum absolute atomic E-state index is 0.202. The van der Waals surface area contributed by atoms with Crippen LogP contribution in [0.3, 0.4) is 0 Å². The second-order valence-electron chi connectivity index (χ2n) is 6.27. The monoisotopic (exact) mass is 266 g/mol. The van der Waals surface area contributed by atoms with E-state index in [1.165, 1.54) is 29.1 Å². The normalized spacial score (nSPS) is 16.5. The van der Waals surface area contributed by atoms with E-state index in [2.05, 4.69) is 50.0 Å². The molecule has 1 N–H and O–H groups in total. The SMILES string of the molecule is CCN(Cc1ccc(CNC(C)(C)C)s1)C1CC1. The molecule has 1 aromatic rings. The van der Waals surface area contributed by atoms with Crippen molar-refractivity contribution in [1.82, 2.24) is 10.2 Å². The van der Waals surface area contributed by atoms with E-state index in [1.807, 2.05) is 11.3 Å². The lowest BCUT2D eigenvalue weighted by molar-refractivity contribution is 0.272. The van der Waals surface area contributed by atoms with Gasteiger partial charge in [-0.1, -0.05) is 6.92 Å². The molecule has 0 saturated heterocycles. The topological polar surface area (TPSA) is 15.3 Å². The molecule has 0 bridgehead atoms. The summed E-state index contributed by atoms with van der Waals surface area (Å²) in [5.74, 6) is 0. The van der Waals surface area contributed by atoms with Gasteiger partial charge in [-0.3, -0.25) is 4.90 Å². The molecule has 102 valence electrons. The van der Waals surface area contributed by atoms with Crippen molar-refractivity contribution in [1.29, 1.82) is 0 Å². The van der Waals surface area contributed by atoms with Crippen LogP contribution in [0.15, 0.2) is 12.1 Å². The van der Waals surface area contributed by atoms with E-state index in [1.54, 1.807) is 0 Å². The highest BCUT2D eigenvalue weighted by molar-refractivity contribution is 7.11. The zero-order valence-corrected chi connectivity index (χ0v) is 12.9. The predicted octanol–water partition coefficient (Wildman–Crippen LogP) is 3.62. The molecule has 0 spiro atoms. The van der Waals surface area contributed by atoms with Crippen molar-refractivity contribution in [2.24, 2.45) is 0 Å². The van der Waals surface area contributed by atoms with E-state index in [0.717, 1.165) is 19.1 Å². The second kappa shape index (κ2) is 5.72. The minimum Gasteiger partial charge on any atom is -0.307 e. The van der Waals surface area contributed by atoms with Gasteiger partial charge in [0.25, 0.3) is 0 Å². The zero-order valence-electron chi connectivity index (χ0n) is 12.1. The predicted molar refractivity (Wildman–Crippen MR) is 80.0 cm³/mol. The maximum Gasteiger partial charge on any atom is 0.0330 e. The molecule has 0 unspecified atom stereocenters. The van der Waals surface area contributed by atoms with E-state index >= 15 is 0 Å². The molecule has 1 saturated carbocycles. The van der Waals surface area contributed by atoms with E-state index in [0.29, 0.717) is 0 Å². The van der Waals surface area contributed by atoms with Gasteiger partial charge in [-0.2, -0.15) is 0 Å². The van der Waals surface area contributed by atoms with E-state index in [9.17, 15) is 0 Å². The highest BCUT2D eigenvalue weighted by atomic mass is 32.1. The first-order valence-corrected chi connectivity index (χ1v) is 7.86. The van der Waals surface area contributed by atoms with Crippen molar-refractivity contribution < 1.29 is 0 Å². The Labute approximate surface area is 115 Å². The molecule has 3 heteroatoms. The van der Waals surface area contributed by atoms with Crippen LogP contribution in [0.5, 0.6) is 0 Å². The fraction of sp³-hybridized carbons (Fsp3) is 0.733. The lowest BCUT2D eigenvalue weighted by atomic mass is 10.1. The second-order valence-corrected chi connectivity index (χ2v) is 7.52. The Balaban J connectivity index is 1.85. The van der Waals surface area contributed by atoms with Gasteiger partial charge in [0.2, 0.25) is 0 Å². The van der Waals surface area contributed by atoms with Crippen molar-refractivity contribution in [2.45, 2.75) is 65.2 Å². The lowest BCUT2D eigenvalue weighted by Gasteiger charge is -2.20. The first-order valence-electron chi connectivity index (χ1n) is 7.04. The van der Waals surface area contributed by atoms with Gasteiger partial charge in [-0.15, -0.1) is 11.3 Å². The lowest BCUT2D eigenvalue weighted by Crippen LogP contribution is -2.34. The van der Waals surface area contributed by atoms with E-state index in [4.69, 9.17) is 0 Å². The van der Waals surface area contributed by atoms with Gasteiger partial charge >= 0.3 is 0 Å². The van der Waals surface area contributed by atoms with E-state index in [-0.39, 0.29) is 5.54 Å². The van der Waals surface area contributed by atoms with Gasteiger partial charge in [0.1, 0.15) is 0 Å². The van der Waals surface area contributed by atoms with Crippen molar-refractivity contribution in [3.05, 3.63) is 21.9 Å². The summed E-state index contributed by atoms with van der Waals surface area (Å²) in [5, 5.41) is 3.55. The third-order valence-corrected chi connectivity index (χ3v) is 4.41. The largest absolute Gasteiger partial charge is 0.307 e. The van der Waals surface area contributed by atoms with Gasteiger partial charge in [-0.05, 0) is 52.3 Å². The highest BCUT2D eigenvalue weighted by Gasteiger charge is 2.27. The van der Waals surface area contributed by atoms with Crippen LogP contribution in [-0.2, 0) is 13.1 Å². The summed E-state index contributed by atoms with van der Waals surface area (Å²) in [7, 11) is 0. The van der Waals surface area contributed by atoms with E-state index < -0.39 is 0 Å².